The minimum atomic E-state index is -0.286. The van der Waals surface area contributed by atoms with Crippen molar-refractivity contribution in [3.05, 3.63) is 0 Å². The van der Waals surface area contributed by atoms with Crippen LogP contribution in [0.3, 0.4) is 0 Å². The Hall–Kier alpha value is -0.680. The summed E-state index contributed by atoms with van der Waals surface area (Å²) in [5.41, 5.74) is 5.62. The Bertz CT molecular complexity index is 295. The zero-order valence-corrected chi connectivity index (χ0v) is 11.8. The third-order valence-electron chi connectivity index (χ3n) is 3.61. The van der Waals surface area contributed by atoms with Crippen molar-refractivity contribution in [3.63, 3.8) is 0 Å². The molecule has 0 aromatic carbocycles. The Morgan fingerprint density at radius 3 is 2.59 bits per heavy atom. The number of hydrogen-bond donors (Lipinski definition) is 1. The van der Waals surface area contributed by atoms with Crippen molar-refractivity contribution < 1.29 is 4.79 Å². The molecule has 4 nitrogen and oxygen atoms in total. The van der Waals surface area contributed by atoms with Crippen molar-refractivity contribution in [2.24, 2.45) is 11.7 Å². The second-order valence-electron chi connectivity index (χ2n) is 4.69. The van der Waals surface area contributed by atoms with Crippen molar-refractivity contribution in [3.8, 4) is 0 Å². The van der Waals surface area contributed by atoms with Gasteiger partial charge in [0.1, 0.15) is 0 Å². The smallest absolute Gasteiger partial charge is 0.232 e. The molecular formula is C12H23N3OS. The van der Waals surface area contributed by atoms with Crippen LogP contribution in [-0.2, 0) is 4.79 Å². The zero-order valence-electron chi connectivity index (χ0n) is 11.0. The van der Waals surface area contributed by atoms with E-state index >= 15 is 0 Å². The largest absolute Gasteiger partial charge is 0.393 e. The molecule has 2 unspecified atom stereocenters. The van der Waals surface area contributed by atoms with Gasteiger partial charge in [0.15, 0.2) is 0 Å². The van der Waals surface area contributed by atoms with Gasteiger partial charge in [0.25, 0.3) is 0 Å². The third-order valence-corrected chi connectivity index (χ3v) is 3.89. The minimum absolute atomic E-state index is 0.103. The van der Waals surface area contributed by atoms with E-state index in [1.807, 2.05) is 11.8 Å². The fourth-order valence-corrected chi connectivity index (χ4v) is 2.57. The fourth-order valence-electron chi connectivity index (χ4n) is 2.30. The number of rotatable bonds is 4. The van der Waals surface area contributed by atoms with Crippen LogP contribution < -0.4 is 5.73 Å². The van der Waals surface area contributed by atoms with Crippen LogP contribution >= 0.6 is 12.2 Å². The highest BCUT2D eigenvalue weighted by Crippen LogP contribution is 2.15. The molecule has 1 heterocycles. The van der Waals surface area contributed by atoms with Gasteiger partial charge in [0, 0.05) is 25.7 Å². The van der Waals surface area contributed by atoms with Crippen molar-refractivity contribution in [2.75, 3.05) is 26.7 Å². The second kappa shape index (κ2) is 6.31. The Labute approximate surface area is 109 Å². The topological polar surface area (TPSA) is 49.6 Å². The lowest BCUT2D eigenvalue weighted by Gasteiger charge is -2.40. The van der Waals surface area contributed by atoms with E-state index in [-0.39, 0.29) is 11.8 Å². The number of carbonyl (C=O) groups excluding carboxylic acids is 1. The Kier molecular flexibility index (Phi) is 5.33. The van der Waals surface area contributed by atoms with E-state index in [2.05, 4.69) is 18.9 Å². The molecule has 2 atom stereocenters. The van der Waals surface area contributed by atoms with E-state index in [1.54, 1.807) is 0 Å². The van der Waals surface area contributed by atoms with Crippen molar-refractivity contribution in [1.82, 2.24) is 9.80 Å². The highest BCUT2D eigenvalue weighted by Gasteiger charge is 2.30. The molecule has 1 fully saturated rings. The summed E-state index contributed by atoms with van der Waals surface area (Å²) in [7, 11) is 2.11. The Morgan fingerprint density at radius 2 is 2.12 bits per heavy atom. The molecule has 1 rings (SSSR count). The average Bonchev–Trinajstić information content (AvgIpc) is 2.29. The highest BCUT2D eigenvalue weighted by molar-refractivity contribution is 7.80. The third kappa shape index (κ3) is 3.39. The first-order valence-electron chi connectivity index (χ1n) is 6.29. The van der Waals surface area contributed by atoms with Crippen LogP contribution in [0.25, 0.3) is 0 Å². The van der Waals surface area contributed by atoms with Crippen LogP contribution in [0.5, 0.6) is 0 Å². The van der Waals surface area contributed by atoms with Crippen molar-refractivity contribution in [2.45, 2.75) is 32.7 Å². The van der Waals surface area contributed by atoms with Crippen LogP contribution in [0.15, 0.2) is 0 Å². The van der Waals surface area contributed by atoms with Crippen molar-refractivity contribution in [1.29, 1.82) is 0 Å². The molecule has 98 valence electrons. The maximum absolute atomic E-state index is 12.3. The lowest BCUT2D eigenvalue weighted by molar-refractivity contribution is -0.136. The fraction of sp³-hybridized carbons (Fsp3) is 0.833. The molecule has 1 saturated heterocycles. The molecule has 1 amide bonds. The molecule has 0 aliphatic carbocycles. The van der Waals surface area contributed by atoms with E-state index in [0.29, 0.717) is 17.5 Å². The molecule has 0 aromatic rings. The van der Waals surface area contributed by atoms with Crippen molar-refractivity contribution >= 4 is 23.1 Å². The maximum Gasteiger partial charge on any atom is 0.232 e. The summed E-state index contributed by atoms with van der Waals surface area (Å²) in [4.78, 5) is 16.8. The molecule has 0 radical (unpaired) electrons. The summed E-state index contributed by atoms with van der Waals surface area (Å²) in [6, 6.07) is 0.455. The first-order chi connectivity index (χ1) is 8.01. The standard InChI is InChI=1S/C12H23N3OS/c1-4-9-8-15(7-6-14(9)3)12(16)10(5-2)11(13)17/h9-10H,4-8H2,1-3H3,(H2,13,17). The summed E-state index contributed by atoms with van der Waals surface area (Å²) < 4.78 is 0. The maximum atomic E-state index is 12.3. The number of amides is 1. The van der Waals surface area contributed by atoms with E-state index in [9.17, 15) is 4.79 Å². The number of carbonyl (C=O) groups is 1. The summed E-state index contributed by atoms with van der Waals surface area (Å²) >= 11 is 4.96. The average molecular weight is 257 g/mol. The van der Waals surface area contributed by atoms with Gasteiger partial charge in [0.2, 0.25) is 5.91 Å². The predicted molar refractivity (Wildman–Crippen MR) is 73.9 cm³/mol. The molecule has 0 bridgehead atoms. The predicted octanol–water partition coefficient (Wildman–Crippen LogP) is 0.851. The van der Waals surface area contributed by atoms with Gasteiger partial charge in [-0.3, -0.25) is 9.69 Å². The van der Waals surface area contributed by atoms with Gasteiger partial charge in [-0.15, -0.1) is 0 Å². The monoisotopic (exact) mass is 257 g/mol. The molecule has 1 aliphatic heterocycles. The Balaban J connectivity index is 2.67. The number of nitrogens with two attached hydrogens (primary N) is 1. The van der Waals surface area contributed by atoms with Crippen LogP contribution in [0.4, 0.5) is 0 Å². The van der Waals surface area contributed by atoms with Gasteiger partial charge in [0.05, 0.1) is 10.9 Å². The SMILES string of the molecule is CCC(C(=O)N1CCN(C)C(CC)C1)C(N)=S. The molecule has 17 heavy (non-hydrogen) atoms. The summed E-state index contributed by atoms with van der Waals surface area (Å²) in [5.74, 6) is -0.183. The van der Waals surface area contributed by atoms with E-state index in [1.165, 1.54) is 0 Å². The number of nitrogens with zero attached hydrogens (tertiary/aromatic N) is 2. The quantitative estimate of drug-likeness (QED) is 0.759. The summed E-state index contributed by atoms with van der Waals surface area (Å²) in [5, 5.41) is 0. The number of likely N-dealkylation sites (N-methyl/N-ethyl adjacent to an activating group) is 1. The van der Waals surface area contributed by atoms with Gasteiger partial charge < -0.3 is 10.6 Å². The van der Waals surface area contributed by atoms with Gasteiger partial charge in [-0.25, -0.2) is 0 Å². The molecule has 0 saturated carbocycles. The van der Waals surface area contributed by atoms with Crippen LogP contribution in [0, 0.1) is 5.92 Å². The first kappa shape index (κ1) is 14.4. The Morgan fingerprint density at radius 1 is 1.47 bits per heavy atom. The first-order valence-corrected chi connectivity index (χ1v) is 6.70. The van der Waals surface area contributed by atoms with E-state index in [4.69, 9.17) is 18.0 Å². The zero-order chi connectivity index (χ0) is 13.0. The van der Waals surface area contributed by atoms with Gasteiger partial charge in [-0.2, -0.15) is 0 Å². The number of hydrogen-bond acceptors (Lipinski definition) is 3. The van der Waals surface area contributed by atoms with Gasteiger partial charge >= 0.3 is 0 Å². The normalized spacial score (nSPS) is 23.5. The van der Waals surface area contributed by atoms with Crippen LogP contribution in [0.1, 0.15) is 26.7 Å². The molecule has 5 heteroatoms. The lowest BCUT2D eigenvalue weighted by Crippen LogP contribution is -2.55. The van der Waals surface area contributed by atoms with Crippen LogP contribution in [-0.4, -0.2) is 53.4 Å². The number of piperazine rings is 1. The summed E-state index contributed by atoms with van der Waals surface area (Å²) in [6.07, 6.45) is 1.75. The van der Waals surface area contributed by atoms with Crippen LogP contribution in [0.2, 0.25) is 0 Å². The number of thiocarbonyl (C=S) groups is 1. The summed E-state index contributed by atoms with van der Waals surface area (Å²) in [6.45, 7) is 6.61. The van der Waals surface area contributed by atoms with Gasteiger partial charge in [-0.05, 0) is 19.9 Å². The lowest BCUT2D eigenvalue weighted by atomic mass is 10.0. The van der Waals surface area contributed by atoms with E-state index < -0.39 is 0 Å². The second-order valence-corrected chi connectivity index (χ2v) is 5.16. The van der Waals surface area contributed by atoms with Gasteiger partial charge in [-0.1, -0.05) is 26.1 Å². The minimum Gasteiger partial charge on any atom is -0.393 e. The molecule has 0 spiro atoms. The highest BCUT2D eigenvalue weighted by atomic mass is 32.1. The van der Waals surface area contributed by atoms with E-state index in [0.717, 1.165) is 26.1 Å². The molecule has 2 N–H and O–H groups in total. The molecule has 0 aromatic heterocycles. The molecular weight excluding hydrogens is 234 g/mol. The molecule has 1 aliphatic rings.